The normalized spacial score (nSPS) is 11.9. The van der Waals surface area contributed by atoms with Crippen LogP contribution < -0.4 is 10.4 Å². The number of rotatable bonds is 10. The van der Waals surface area contributed by atoms with E-state index >= 15 is 0 Å². The number of aryl methyl sites for hydroxylation is 1. The number of hydrogen-bond donors (Lipinski definition) is 1. The Kier molecular flexibility index (Phi) is 8.13. The first kappa shape index (κ1) is 25.5. The van der Waals surface area contributed by atoms with E-state index in [1.807, 2.05) is 6.07 Å². The summed E-state index contributed by atoms with van der Waals surface area (Å²) in [6, 6.07) is 20.7. The first-order valence-corrected chi connectivity index (χ1v) is 12.3. The Morgan fingerprint density at radius 2 is 1.67 bits per heavy atom. The lowest BCUT2D eigenvalue weighted by Crippen LogP contribution is -2.25. The van der Waals surface area contributed by atoms with E-state index < -0.39 is 12.1 Å². The van der Waals surface area contributed by atoms with Crippen molar-refractivity contribution in [3.63, 3.8) is 0 Å². The quantitative estimate of drug-likeness (QED) is 0.277. The van der Waals surface area contributed by atoms with Gasteiger partial charge in [-0.1, -0.05) is 79.0 Å². The van der Waals surface area contributed by atoms with Crippen LogP contribution in [0.15, 0.2) is 77.6 Å². The van der Waals surface area contributed by atoms with Gasteiger partial charge in [-0.3, -0.25) is 4.57 Å². The van der Waals surface area contributed by atoms with Crippen LogP contribution >= 0.6 is 23.2 Å². The molecule has 0 amide bonds. The van der Waals surface area contributed by atoms with Gasteiger partial charge in [0, 0.05) is 17.0 Å². The Balaban J connectivity index is 1.59. The number of carbonyl (C=O) groups is 1. The van der Waals surface area contributed by atoms with E-state index in [-0.39, 0.29) is 5.69 Å². The zero-order chi connectivity index (χ0) is 25.7. The molecule has 0 aliphatic rings. The molecule has 4 rings (SSSR count). The molecule has 0 saturated carbocycles. The van der Waals surface area contributed by atoms with Gasteiger partial charge < -0.3 is 9.84 Å². The molecule has 7 nitrogen and oxygen atoms in total. The molecular weight excluding hydrogens is 501 g/mol. The van der Waals surface area contributed by atoms with Crippen molar-refractivity contribution >= 4 is 29.2 Å². The van der Waals surface area contributed by atoms with Crippen LogP contribution in [-0.4, -0.2) is 25.4 Å². The number of ether oxygens (including phenoxy) is 1. The summed E-state index contributed by atoms with van der Waals surface area (Å²) in [6.07, 6.45) is 1.27. The van der Waals surface area contributed by atoms with E-state index in [1.165, 1.54) is 4.68 Å². The summed E-state index contributed by atoms with van der Waals surface area (Å²) in [5.74, 6) is -0.102. The molecular formula is C27H25Cl2N3O4. The van der Waals surface area contributed by atoms with Gasteiger partial charge in [0.15, 0.2) is 0 Å². The van der Waals surface area contributed by atoms with Crippen molar-refractivity contribution in [2.24, 2.45) is 0 Å². The predicted molar refractivity (Wildman–Crippen MR) is 139 cm³/mol. The SMILES string of the molecule is CCCCc1nn(-c2ccccc2Cl)c(=O)n1Cc1ccc(OC(C(=O)O)c2ccccc2Cl)cc1. The monoisotopic (exact) mass is 525 g/mol. The maximum atomic E-state index is 13.3. The van der Waals surface area contributed by atoms with Crippen molar-refractivity contribution in [1.29, 1.82) is 0 Å². The van der Waals surface area contributed by atoms with Crippen molar-refractivity contribution in [3.05, 3.63) is 110 Å². The summed E-state index contributed by atoms with van der Waals surface area (Å²) in [7, 11) is 0. The van der Waals surface area contributed by atoms with Gasteiger partial charge in [0.05, 0.1) is 17.3 Å². The minimum absolute atomic E-state index is 0.279. The molecule has 0 fully saturated rings. The molecule has 0 radical (unpaired) electrons. The number of unbranched alkanes of at least 4 members (excludes halogenated alkanes) is 1. The highest BCUT2D eigenvalue weighted by Gasteiger charge is 2.24. The van der Waals surface area contributed by atoms with Gasteiger partial charge in [0.2, 0.25) is 6.10 Å². The molecule has 0 spiro atoms. The fourth-order valence-corrected chi connectivity index (χ4v) is 4.27. The van der Waals surface area contributed by atoms with Crippen molar-refractivity contribution < 1.29 is 14.6 Å². The number of carboxylic acids is 1. The molecule has 4 aromatic rings. The number of para-hydroxylation sites is 1. The second kappa shape index (κ2) is 11.5. The average molecular weight is 526 g/mol. The highest BCUT2D eigenvalue weighted by molar-refractivity contribution is 6.32. The number of aliphatic carboxylic acids is 1. The maximum Gasteiger partial charge on any atom is 0.351 e. The third kappa shape index (κ3) is 5.64. The van der Waals surface area contributed by atoms with Crippen LogP contribution in [0.1, 0.15) is 42.8 Å². The molecule has 186 valence electrons. The number of nitrogens with zero attached hydrogens (tertiary/aromatic N) is 3. The molecule has 1 unspecified atom stereocenters. The van der Waals surface area contributed by atoms with Gasteiger partial charge in [0.25, 0.3) is 0 Å². The second-order valence-electron chi connectivity index (χ2n) is 8.25. The minimum atomic E-state index is -1.25. The van der Waals surface area contributed by atoms with Crippen molar-refractivity contribution in [2.45, 2.75) is 38.8 Å². The number of aromatic nitrogens is 3. The molecule has 0 aliphatic heterocycles. The zero-order valence-electron chi connectivity index (χ0n) is 19.6. The Bertz CT molecular complexity index is 1410. The van der Waals surface area contributed by atoms with E-state index in [0.29, 0.717) is 45.8 Å². The van der Waals surface area contributed by atoms with Crippen molar-refractivity contribution in [3.8, 4) is 11.4 Å². The Hall–Kier alpha value is -3.55. The van der Waals surface area contributed by atoms with E-state index in [1.54, 1.807) is 71.3 Å². The van der Waals surface area contributed by atoms with Gasteiger partial charge in [-0.15, -0.1) is 5.10 Å². The van der Waals surface area contributed by atoms with Crippen molar-refractivity contribution in [1.82, 2.24) is 14.3 Å². The fourth-order valence-electron chi connectivity index (χ4n) is 3.82. The second-order valence-corrected chi connectivity index (χ2v) is 9.07. The van der Waals surface area contributed by atoms with E-state index in [0.717, 1.165) is 18.4 Å². The Morgan fingerprint density at radius 1 is 1.00 bits per heavy atom. The number of hydrogen-bond acceptors (Lipinski definition) is 4. The lowest BCUT2D eigenvalue weighted by Gasteiger charge is -2.17. The molecule has 1 heterocycles. The van der Waals surface area contributed by atoms with Gasteiger partial charge in [-0.2, -0.15) is 4.68 Å². The molecule has 1 atom stereocenters. The Morgan fingerprint density at radius 3 is 2.31 bits per heavy atom. The number of halogens is 2. The minimum Gasteiger partial charge on any atom is -0.478 e. The van der Waals surface area contributed by atoms with Gasteiger partial charge in [-0.25, -0.2) is 9.59 Å². The summed E-state index contributed by atoms with van der Waals surface area (Å²) in [5, 5.41) is 15.0. The summed E-state index contributed by atoms with van der Waals surface area (Å²) >= 11 is 12.5. The molecule has 9 heteroatoms. The predicted octanol–water partition coefficient (Wildman–Crippen LogP) is 5.94. The third-order valence-corrected chi connectivity index (χ3v) is 6.37. The molecule has 3 aromatic carbocycles. The first-order valence-electron chi connectivity index (χ1n) is 11.6. The average Bonchev–Trinajstić information content (AvgIpc) is 3.17. The fraction of sp³-hybridized carbons (Fsp3) is 0.222. The van der Waals surface area contributed by atoms with E-state index in [2.05, 4.69) is 12.0 Å². The molecule has 36 heavy (non-hydrogen) atoms. The zero-order valence-corrected chi connectivity index (χ0v) is 21.1. The number of carboxylic acid groups (broad SMARTS) is 1. The van der Waals surface area contributed by atoms with Crippen molar-refractivity contribution in [2.75, 3.05) is 0 Å². The molecule has 0 saturated heterocycles. The lowest BCUT2D eigenvalue weighted by molar-refractivity contribution is -0.145. The van der Waals surface area contributed by atoms with E-state index in [4.69, 9.17) is 27.9 Å². The lowest BCUT2D eigenvalue weighted by atomic mass is 10.1. The summed E-state index contributed by atoms with van der Waals surface area (Å²) < 4.78 is 8.72. The summed E-state index contributed by atoms with van der Waals surface area (Å²) in [5.41, 5.74) is 1.46. The summed E-state index contributed by atoms with van der Waals surface area (Å²) in [4.78, 5) is 25.1. The van der Waals surface area contributed by atoms with Crippen LogP contribution in [0.3, 0.4) is 0 Å². The largest absolute Gasteiger partial charge is 0.478 e. The molecule has 0 bridgehead atoms. The van der Waals surface area contributed by atoms with E-state index in [9.17, 15) is 14.7 Å². The van der Waals surface area contributed by atoms with Crippen LogP contribution in [0.5, 0.6) is 5.75 Å². The smallest absolute Gasteiger partial charge is 0.351 e. The highest BCUT2D eigenvalue weighted by Crippen LogP contribution is 2.28. The van der Waals surface area contributed by atoms with Crippen LogP contribution in [-0.2, 0) is 17.8 Å². The van der Waals surface area contributed by atoms with Gasteiger partial charge in [0.1, 0.15) is 11.6 Å². The molecule has 0 aliphatic carbocycles. The maximum absolute atomic E-state index is 13.3. The Labute approximate surface area is 218 Å². The highest BCUT2D eigenvalue weighted by atomic mass is 35.5. The van der Waals surface area contributed by atoms with Crippen LogP contribution in [0.2, 0.25) is 10.0 Å². The van der Waals surface area contributed by atoms with Crippen LogP contribution in [0, 0.1) is 0 Å². The van der Waals surface area contributed by atoms with Gasteiger partial charge in [-0.05, 0) is 42.3 Å². The third-order valence-electron chi connectivity index (χ3n) is 5.70. The standard InChI is InChI=1S/C27H25Cl2N3O4/c1-2-3-12-24-30-32(23-11-7-6-10-22(23)29)27(35)31(24)17-18-13-15-19(16-14-18)36-25(26(33)34)20-8-4-5-9-21(20)28/h4-11,13-16,25H,2-3,12,17H2,1H3,(H,33,34). The molecule has 1 aromatic heterocycles. The first-order chi connectivity index (χ1) is 17.4. The topological polar surface area (TPSA) is 86.4 Å². The van der Waals surface area contributed by atoms with Crippen LogP contribution in [0.4, 0.5) is 0 Å². The molecule has 1 N–H and O–H groups in total. The van der Waals surface area contributed by atoms with Gasteiger partial charge >= 0.3 is 11.7 Å². The van der Waals surface area contributed by atoms with Crippen LogP contribution in [0.25, 0.3) is 5.69 Å². The summed E-state index contributed by atoms with van der Waals surface area (Å²) in [6.45, 7) is 2.38. The number of benzene rings is 3.